The van der Waals surface area contributed by atoms with Crippen molar-refractivity contribution in [2.24, 2.45) is 17.8 Å². The lowest BCUT2D eigenvalue weighted by Gasteiger charge is -2.37. The first-order valence-electron chi connectivity index (χ1n) is 13.5. The van der Waals surface area contributed by atoms with Gasteiger partial charge in [0.05, 0.1) is 5.56 Å². The van der Waals surface area contributed by atoms with Gasteiger partial charge in [-0.3, -0.25) is 0 Å². The van der Waals surface area contributed by atoms with Crippen LogP contribution in [-0.4, -0.2) is 25.8 Å². The van der Waals surface area contributed by atoms with E-state index < -0.39 is 0 Å². The highest BCUT2D eigenvalue weighted by Gasteiger charge is 2.31. The van der Waals surface area contributed by atoms with Gasteiger partial charge in [0.25, 0.3) is 0 Å². The molecular formula is C29H46O3. The molecule has 0 bridgehead atoms. The monoisotopic (exact) mass is 442 g/mol. The zero-order valence-corrected chi connectivity index (χ0v) is 20.7. The topological polar surface area (TPSA) is 35.5 Å². The molecule has 0 spiro atoms. The van der Waals surface area contributed by atoms with Gasteiger partial charge in [-0.05, 0) is 93.2 Å². The predicted octanol–water partition coefficient (Wildman–Crippen LogP) is 7.76. The number of hydrogen-bond acceptors (Lipinski definition) is 3. The molecule has 1 aromatic rings. The zero-order valence-electron chi connectivity index (χ0n) is 20.7. The molecule has 0 aliphatic heterocycles. The van der Waals surface area contributed by atoms with Gasteiger partial charge in [-0.1, -0.05) is 57.6 Å². The first-order valence-corrected chi connectivity index (χ1v) is 13.5. The molecule has 0 unspecified atom stereocenters. The van der Waals surface area contributed by atoms with Crippen molar-refractivity contribution in [3.05, 3.63) is 35.4 Å². The van der Waals surface area contributed by atoms with E-state index in [0.29, 0.717) is 5.56 Å². The van der Waals surface area contributed by atoms with E-state index in [9.17, 15) is 4.79 Å². The fraction of sp³-hybridized carbons (Fsp3) is 0.759. The normalized spacial score (nSPS) is 26.1. The average Bonchev–Trinajstić information content (AvgIpc) is 2.83. The second-order valence-electron chi connectivity index (χ2n) is 10.4. The van der Waals surface area contributed by atoms with Gasteiger partial charge in [0.1, 0.15) is 6.10 Å². The Balaban J connectivity index is 1.33. The molecule has 0 heterocycles. The molecule has 180 valence electrons. The number of ether oxygens (including phenoxy) is 2. The predicted molar refractivity (Wildman–Crippen MR) is 132 cm³/mol. The SMILES string of the molecule is CCCC1CCC(C2CCC(OC(=O)c3ccc(CCCCCCOC)cc3)CC2)CC1. The minimum atomic E-state index is -0.139. The fourth-order valence-electron chi connectivity index (χ4n) is 5.99. The first-order chi connectivity index (χ1) is 15.7. The molecule has 2 saturated carbocycles. The summed E-state index contributed by atoms with van der Waals surface area (Å²) in [5.41, 5.74) is 2.01. The summed E-state index contributed by atoms with van der Waals surface area (Å²) < 4.78 is 11.0. The quantitative estimate of drug-likeness (QED) is 0.245. The van der Waals surface area contributed by atoms with E-state index in [-0.39, 0.29) is 12.1 Å². The number of hydrogen-bond donors (Lipinski definition) is 0. The van der Waals surface area contributed by atoms with Gasteiger partial charge >= 0.3 is 5.97 Å². The summed E-state index contributed by atoms with van der Waals surface area (Å²) in [7, 11) is 1.76. The van der Waals surface area contributed by atoms with Crippen molar-refractivity contribution in [1.82, 2.24) is 0 Å². The van der Waals surface area contributed by atoms with Crippen LogP contribution >= 0.6 is 0 Å². The maximum absolute atomic E-state index is 12.6. The fourth-order valence-corrected chi connectivity index (χ4v) is 5.99. The highest BCUT2D eigenvalue weighted by molar-refractivity contribution is 5.89. The Labute approximate surface area is 196 Å². The molecule has 2 aliphatic rings. The third-order valence-electron chi connectivity index (χ3n) is 8.00. The number of esters is 1. The van der Waals surface area contributed by atoms with Crippen molar-refractivity contribution in [2.75, 3.05) is 13.7 Å². The molecule has 3 heteroatoms. The number of rotatable bonds is 12. The Hall–Kier alpha value is -1.35. The van der Waals surface area contributed by atoms with E-state index in [0.717, 1.165) is 50.0 Å². The summed E-state index contributed by atoms with van der Waals surface area (Å²) in [4.78, 5) is 12.6. The van der Waals surface area contributed by atoms with Crippen molar-refractivity contribution < 1.29 is 14.3 Å². The highest BCUT2D eigenvalue weighted by Crippen LogP contribution is 2.41. The summed E-state index contributed by atoms with van der Waals surface area (Å²) in [6.07, 6.45) is 19.1. The van der Waals surface area contributed by atoms with E-state index >= 15 is 0 Å². The Morgan fingerprint density at radius 3 is 2.09 bits per heavy atom. The summed E-state index contributed by atoms with van der Waals surface area (Å²) in [6.45, 7) is 3.18. The van der Waals surface area contributed by atoms with Crippen molar-refractivity contribution in [3.8, 4) is 0 Å². The lowest BCUT2D eigenvalue weighted by atomic mass is 9.70. The zero-order chi connectivity index (χ0) is 22.6. The van der Waals surface area contributed by atoms with Gasteiger partial charge in [-0.25, -0.2) is 4.79 Å². The number of unbranched alkanes of at least 4 members (excludes halogenated alkanes) is 3. The van der Waals surface area contributed by atoms with Crippen LogP contribution in [0.5, 0.6) is 0 Å². The van der Waals surface area contributed by atoms with Crippen LogP contribution in [-0.2, 0) is 15.9 Å². The highest BCUT2D eigenvalue weighted by atomic mass is 16.5. The summed E-state index contributed by atoms with van der Waals surface area (Å²) in [6, 6.07) is 8.08. The molecule has 0 aromatic heterocycles. The molecule has 32 heavy (non-hydrogen) atoms. The van der Waals surface area contributed by atoms with Crippen LogP contribution < -0.4 is 0 Å². The Morgan fingerprint density at radius 2 is 1.47 bits per heavy atom. The minimum Gasteiger partial charge on any atom is -0.459 e. The number of benzene rings is 1. The molecule has 2 fully saturated rings. The van der Waals surface area contributed by atoms with Gasteiger partial charge in [0, 0.05) is 13.7 Å². The molecule has 2 aliphatic carbocycles. The minimum absolute atomic E-state index is 0.113. The van der Waals surface area contributed by atoms with E-state index in [2.05, 4.69) is 19.1 Å². The third-order valence-corrected chi connectivity index (χ3v) is 8.00. The summed E-state index contributed by atoms with van der Waals surface area (Å²) in [5, 5.41) is 0. The third kappa shape index (κ3) is 8.21. The van der Waals surface area contributed by atoms with Crippen molar-refractivity contribution >= 4 is 5.97 Å². The largest absolute Gasteiger partial charge is 0.459 e. The van der Waals surface area contributed by atoms with Crippen molar-refractivity contribution in [1.29, 1.82) is 0 Å². The standard InChI is InChI=1S/C29H46O3/c1-3-8-23-10-14-25(15-11-23)26-18-20-28(21-19-26)32-29(30)27-16-12-24(13-17-27)9-6-4-5-7-22-31-2/h12-13,16-17,23,25-26,28H,3-11,14-15,18-22H2,1-2H3. The van der Waals surface area contributed by atoms with Crippen molar-refractivity contribution in [2.45, 2.75) is 109 Å². The Kier molecular flexibility index (Phi) is 11.1. The number of aryl methyl sites for hydroxylation is 1. The van der Waals surface area contributed by atoms with Gasteiger partial charge in [0.2, 0.25) is 0 Å². The van der Waals surface area contributed by atoms with Gasteiger partial charge in [-0.2, -0.15) is 0 Å². The van der Waals surface area contributed by atoms with Crippen LogP contribution in [0, 0.1) is 17.8 Å². The van der Waals surface area contributed by atoms with Crippen LogP contribution in [0.15, 0.2) is 24.3 Å². The van der Waals surface area contributed by atoms with E-state index in [1.807, 2.05) is 12.1 Å². The maximum atomic E-state index is 12.6. The van der Waals surface area contributed by atoms with E-state index in [1.54, 1.807) is 7.11 Å². The first kappa shape index (κ1) is 25.3. The number of methoxy groups -OCH3 is 1. The summed E-state index contributed by atoms with van der Waals surface area (Å²) in [5.74, 6) is 2.63. The average molecular weight is 443 g/mol. The van der Waals surface area contributed by atoms with Gasteiger partial charge in [0.15, 0.2) is 0 Å². The molecule has 0 saturated heterocycles. The Bertz CT molecular complexity index is 637. The van der Waals surface area contributed by atoms with Crippen LogP contribution in [0.1, 0.15) is 113 Å². The lowest BCUT2D eigenvalue weighted by molar-refractivity contribution is 0.0109. The number of carbonyl (C=O) groups is 1. The summed E-state index contributed by atoms with van der Waals surface area (Å²) >= 11 is 0. The molecule has 1 aromatic carbocycles. The molecule has 0 radical (unpaired) electrons. The molecule has 3 rings (SSSR count). The van der Waals surface area contributed by atoms with Crippen molar-refractivity contribution in [3.63, 3.8) is 0 Å². The van der Waals surface area contributed by atoms with Crippen LogP contribution in [0.2, 0.25) is 0 Å². The van der Waals surface area contributed by atoms with Gasteiger partial charge < -0.3 is 9.47 Å². The van der Waals surface area contributed by atoms with Crippen LogP contribution in [0.25, 0.3) is 0 Å². The second kappa shape index (κ2) is 14.0. The molecule has 3 nitrogen and oxygen atoms in total. The van der Waals surface area contributed by atoms with E-state index in [1.165, 1.54) is 76.2 Å². The van der Waals surface area contributed by atoms with Crippen LogP contribution in [0.4, 0.5) is 0 Å². The molecule has 0 N–H and O–H groups in total. The smallest absolute Gasteiger partial charge is 0.338 e. The van der Waals surface area contributed by atoms with Gasteiger partial charge in [-0.15, -0.1) is 0 Å². The number of carbonyl (C=O) groups excluding carboxylic acids is 1. The molecule has 0 atom stereocenters. The second-order valence-corrected chi connectivity index (χ2v) is 10.4. The molecule has 0 amide bonds. The maximum Gasteiger partial charge on any atom is 0.338 e. The lowest BCUT2D eigenvalue weighted by Crippen LogP contribution is -2.29. The van der Waals surface area contributed by atoms with Crippen LogP contribution in [0.3, 0.4) is 0 Å². The molecular weight excluding hydrogens is 396 g/mol. The van der Waals surface area contributed by atoms with E-state index in [4.69, 9.17) is 9.47 Å². The Morgan fingerprint density at radius 1 is 0.844 bits per heavy atom.